The van der Waals surface area contributed by atoms with E-state index in [-0.39, 0.29) is 11.9 Å². The molecular formula is C20H22BrFN2O. The van der Waals surface area contributed by atoms with Gasteiger partial charge in [-0.05, 0) is 71.2 Å². The molecule has 0 bridgehead atoms. The third kappa shape index (κ3) is 3.59. The minimum atomic E-state index is -0.263. The van der Waals surface area contributed by atoms with Gasteiger partial charge in [-0.3, -0.25) is 4.90 Å². The highest BCUT2D eigenvalue weighted by Gasteiger charge is 2.38. The van der Waals surface area contributed by atoms with Crippen molar-refractivity contribution in [1.29, 1.82) is 0 Å². The van der Waals surface area contributed by atoms with Crippen molar-refractivity contribution in [3.8, 4) is 5.75 Å². The number of halogens is 2. The maximum Gasteiger partial charge on any atom is 0.140 e. The second-order valence-corrected chi connectivity index (χ2v) is 7.58. The summed E-state index contributed by atoms with van der Waals surface area (Å²) >= 11 is 3.43. The van der Waals surface area contributed by atoms with Gasteiger partial charge in [-0.1, -0.05) is 24.3 Å². The van der Waals surface area contributed by atoms with E-state index in [1.54, 1.807) is 6.07 Å². The van der Waals surface area contributed by atoms with E-state index in [1.165, 1.54) is 23.3 Å². The van der Waals surface area contributed by atoms with E-state index in [1.807, 2.05) is 0 Å². The van der Waals surface area contributed by atoms with Gasteiger partial charge in [0, 0.05) is 13.1 Å². The Morgan fingerprint density at radius 1 is 1.12 bits per heavy atom. The lowest BCUT2D eigenvalue weighted by molar-refractivity contribution is 0.0815. The van der Waals surface area contributed by atoms with Gasteiger partial charge in [0.25, 0.3) is 0 Å². The highest BCUT2D eigenvalue weighted by Crippen LogP contribution is 2.40. The van der Waals surface area contributed by atoms with Gasteiger partial charge in [0.2, 0.25) is 0 Å². The predicted molar refractivity (Wildman–Crippen MR) is 100 cm³/mol. The van der Waals surface area contributed by atoms with E-state index in [0.29, 0.717) is 16.3 Å². The zero-order valence-corrected chi connectivity index (χ0v) is 15.6. The first-order chi connectivity index (χ1) is 12.2. The van der Waals surface area contributed by atoms with E-state index in [0.717, 1.165) is 39.0 Å². The van der Waals surface area contributed by atoms with Crippen LogP contribution in [0.1, 0.15) is 23.7 Å². The van der Waals surface area contributed by atoms with Crippen LogP contribution in [0.2, 0.25) is 0 Å². The monoisotopic (exact) mass is 404 g/mol. The summed E-state index contributed by atoms with van der Waals surface area (Å²) in [6, 6.07) is 13.5. The molecule has 2 atom stereocenters. The molecule has 1 aliphatic carbocycles. The summed E-state index contributed by atoms with van der Waals surface area (Å²) in [6.45, 7) is 4.20. The molecule has 25 heavy (non-hydrogen) atoms. The molecule has 0 spiro atoms. The van der Waals surface area contributed by atoms with Gasteiger partial charge >= 0.3 is 0 Å². The van der Waals surface area contributed by atoms with Crippen molar-refractivity contribution in [2.24, 2.45) is 0 Å². The van der Waals surface area contributed by atoms with E-state index < -0.39 is 0 Å². The van der Waals surface area contributed by atoms with Crippen LogP contribution < -0.4 is 10.1 Å². The van der Waals surface area contributed by atoms with E-state index in [4.69, 9.17) is 4.74 Å². The summed E-state index contributed by atoms with van der Waals surface area (Å²) in [5.41, 5.74) is 2.61. The Balaban J connectivity index is 1.64. The molecule has 1 aliphatic heterocycles. The largest absolute Gasteiger partial charge is 0.483 e. The van der Waals surface area contributed by atoms with Crippen LogP contribution in [-0.4, -0.2) is 37.1 Å². The molecule has 5 heteroatoms. The van der Waals surface area contributed by atoms with Crippen LogP contribution in [0, 0.1) is 5.82 Å². The number of nitrogens with zero attached hydrogens (tertiary/aromatic N) is 1. The summed E-state index contributed by atoms with van der Waals surface area (Å²) in [5, 5.41) is 3.47. The maximum absolute atomic E-state index is 13.4. The van der Waals surface area contributed by atoms with Gasteiger partial charge in [0.15, 0.2) is 0 Å². The summed E-state index contributed by atoms with van der Waals surface area (Å²) < 4.78 is 20.5. The topological polar surface area (TPSA) is 24.5 Å². The van der Waals surface area contributed by atoms with Crippen molar-refractivity contribution in [3.05, 3.63) is 63.9 Å². The van der Waals surface area contributed by atoms with Crippen LogP contribution in [0.3, 0.4) is 0 Å². The number of hydrogen-bond acceptors (Lipinski definition) is 3. The van der Waals surface area contributed by atoms with E-state index in [2.05, 4.69) is 50.4 Å². The van der Waals surface area contributed by atoms with Gasteiger partial charge in [-0.15, -0.1) is 0 Å². The lowest BCUT2D eigenvalue weighted by Crippen LogP contribution is -2.42. The number of fused-ring (bicyclic) bond motifs is 1. The number of ether oxygens (including phenoxy) is 1. The van der Waals surface area contributed by atoms with Crippen molar-refractivity contribution in [3.63, 3.8) is 0 Å². The van der Waals surface area contributed by atoms with Crippen molar-refractivity contribution in [2.75, 3.05) is 26.2 Å². The van der Waals surface area contributed by atoms with Crippen molar-refractivity contribution in [2.45, 2.75) is 25.0 Å². The average Bonchev–Trinajstić information content (AvgIpc) is 2.79. The molecule has 1 fully saturated rings. The maximum atomic E-state index is 13.4. The molecule has 2 unspecified atom stereocenters. The molecule has 4 rings (SSSR count). The fraction of sp³-hybridized carbons (Fsp3) is 0.400. The van der Waals surface area contributed by atoms with Gasteiger partial charge < -0.3 is 10.1 Å². The van der Waals surface area contributed by atoms with Crippen molar-refractivity contribution >= 4 is 15.9 Å². The first-order valence-electron chi connectivity index (χ1n) is 8.86. The molecular weight excluding hydrogens is 383 g/mol. The Bertz CT molecular complexity index is 746. The first kappa shape index (κ1) is 17.0. The number of nitrogens with one attached hydrogen (secondary N) is 1. The smallest absolute Gasteiger partial charge is 0.140 e. The van der Waals surface area contributed by atoms with Crippen LogP contribution >= 0.6 is 15.9 Å². The summed E-state index contributed by atoms with van der Waals surface area (Å²) in [5.74, 6) is 0.433. The number of rotatable bonds is 3. The summed E-state index contributed by atoms with van der Waals surface area (Å²) in [7, 11) is 0. The lowest BCUT2D eigenvalue weighted by Gasteiger charge is -2.32. The van der Waals surface area contributed by atoms with Gasteiger partial charge in [-0.25, -0.2) is 4.39 Å². The Morgan fingerprint density at radius 2 is 2.00 bits per heavy atom. The van der Waals surface area contributed by atoms with Gasteiger partial charge in [0.05, 0.1) is 10.5 Å². The molecule has 0 radical (unpaired) electrons. The molecule has 1 heterocycles. The van der Waals surface area contributed by atoms with Crippen molar-refractivity contribution in [1.82, 2.24) is 10.2 Å². The predicted octanol–water partition coefficient (Wildman–Crippen LogP) is 3.93. The van der Waals surface area contributed by atoms with Crippen LogP contribution in [0.5, 0.6) is 5.75 Å². The van der Waals surface area contributed by atoms with Crippen LogP contribution in [-0.2, 0) is 6.42 Å². The minimum absolute atomic E-state index is 0.0314. The quantitative estimate of drug-likeness (QED) is 0.838. The highest BCUT2D eigenvalue weighted by molar-refractivity contribution is 9.10. The Morgan fingerprint density at radius 3 is 2.88 bits per heavy atom. The highest BCUT2D eigenvalue weighted by atomic mass is 79.9. The van der Waals surface area contributed by atoms with Crippen molar-refractivity contribution < 1.29 is 9.13 Å². The standard InChI is InChI=1S/C20H22BrFN2O/c21-17-13-15(22)6-7-19(17)25-20-16-5-2-1-4-14(16)12-18(20)24-10-3-8-23-9-11-24/h1-2,4-7,13,18,20,23H,3,8-12H2. The SMILES string of the molecule is Fc1ccc(OC2c3ccccc3CC2N2CCCNCC2)c(Br)c1. The molecule has 1 saturated heterocycles. The summed E-state index contributed by atoms with van der Waals surface area (Å²) in [6.07, 6.45) is 2.12. The Hall–Kier alpha value is -1.43. The molecule has 0 aromatic heterocycles. The second kappa shape index (κ2) is 7.44. The number of benzene rings is 2. The molecule has 2 aromatic carbocycles. The zero-order valence-electron chi connectivity index (χ0n) is 14.1. The molecule has 2 aromatic rings. The van der Waals surface area contributed by atoms with Crippen LogP contribution in [0.15, 0.2) is 46.9 Å². The normalized spacial score (nSPS) is 23.9. The van der Waals surface area contributed by atoms with Gasteiger partial charge in [0.1, 0.15) is 17.7 Å². The van der Waals surface area contributed by atoms with E-state index >= 15 is 0 Å². The minimum Gasteiger partial charge on any atom is -0.483 e. The fourth-order valence-electron chi connectivity index (χ4n) is 3.91. The third-order valence-corrected chi connectivity index (χ3v) is 5.75. The second-order valence-electron chi connectivity index (χ2n) is 6.72. The molecule has 132 valence electrons. The van der Waals surface area contributed by atoms with Crippen LogP contribution in [0.4, 0.5) is 4.39 Å². The molecule has 0 saturated carbocycles. The lowest BCUT2D eigenvalue weighted by atomic mass is 10.1. The first-order valence-corrected chi connectivity index (χ1v) is 9.66. The average molecular weight is 405 g/mol. The van der Waals surface area contributed by atoms with E-state index in [9.17, 15) is 4.39 Å². The molecule has 2 aliphatic rings. The fourth-order valence-corrected chi connectivity index (χ4v) is 4.35. The molecule has 1 N–H and O–H groups in total. The molecule has 0 amide bonds. The van der Waals surface area contributed by atoms with Gasteiger partial charge in [-0.2, -0.15) is 0 Å². The molecule has 3 nitrogen and oxygen atoms in total. The Labute approximate surface area is 156 Å². The van der Waals surface area contributed by atoms with Crippen LogP contribution in [0.25, 0.3) is 0 Å². The zero-order chi connectivity index (χ0) is 17.2. The third-order valence-electron chi connectivity index (χ3n) is 5.13. The number of hydrogen-bond donors (Lipinski definition) is 1. The Kier molecular flexibility index (Phi) is 5.06. The summed E-state index contributed by atoms with van der Waals surface area (Å²) in [4.78, 5) is 2.54.